The molecule has 3 rings (SSSR count). The highest BCUT2D eigenvalue weighted by Gasteiger charge is 2.27. The molecule has 1 aromatic heterocycles. The molecule has 5 nitrogen and oxygen atoms in total. The molecule has 24 heavy (non-hydrogen) atoms. The number of hydrogen-bond acceptors (Lipinski definition) is 5. The summed E-state index contributed by atoms with van der Waals surface area (Å²) in [6, 6.07) is 8.12. The van der Waals surface area contributed by atoms with Crippen LogP contribution in [0.3, 0.4) is 0 Å². The lowest BCUT2D eigenvalue weighted by Gasteiger charge is -2.35. The molecule has 0 radical (unpaired) electrons. The van der Waals surface area contributed by atoms with E-state index in [1.165, 1.54) is 12.1 Å². The minimum atomic E-state index is -0.471. The molecule has 0 spiro atoms. The fourth-order valence-electron chi connectivity index (χ4n) is 2.78. The lowest BCUT2D eigenvalue weighted by Crippen LogP contribution is -2.49. The molecule has 0 unspecified atom stereocenters. The molecule has 1 aromatic carbocycles. The molecular weight excluding hydrogens is 307 g/mol. The van der Waals surface area contributed by atoms with Crippen molar-refractivity contribution < 1.29 is 9.50 Å². The number of piperidine rings is 1. The molecule has 6 heteroatoms. The summed E-state index contributed by atoms with van der Waals surface area (Å²) in [5, 5.41) is 13.5. The Bertz CT molecular complexity index is 662. The van der Waals surface area contributed by atoms with Gasteiger partial charge < -0.3 is 10.4 Å². The third-order valence-corrected chi connectivity index (χ3v) is 4.09. The van der Waals surface area contributed by atoms with Gasteiger partial charge >= 0.3 is 0 Å². The number of hydrogen-bond donors (Lipinski definition) is 2. The molecule has 0 bridgehead atoms. The normalized spacial score (nSPS) is 21.9. The monoisotopic (exact) mass is 328 g/mol. The largest absolute Gasteiger partial charge is 0.390 e. The highest BCUT2D eigenvalue weighted by Crippen LogP contribution is 2.15. The first-order valence-electron chi connectivity index (χ1n) is 8.07. The van der Waals surface area contributed by atoms with Crippen molar-refractivity contribution in [3.8, 4) is 0 Å². The van der Waals surface area contributed by atoms with Gasteiger partial charge in [-0.05, 0) is 30.2 Å². The van der Waals surface area contributed by atoms with Crippen LogP contribution in [0.2, 0.25) is 0 Å². The maximum atomic E-state index is 12.9. The van der Waals surface area contributed by atoms with E-state index in [0.717, 1.165) is 25.1 Å². The van der Waals surface area contributed by atoms with Gasteiger partial charge in [0.1, 0.15) is 5.82 Å². The maximum absolute atomic E-state index is 12.9. The molecule has 0 aliphatic carbocycles. The molecule has 1 aliphatic rings. The van der Waals surface area contributed by atoms with Crippen molar-refractivity contribution in [1.29, 1.82) is 0 Å². The molecular formula is C18H21FN4O. The third-order valence-electron chi connectivity index (χ3n) is 4.09. The SMILES string of the molecule is O[C@@H]1CN(C/C=C/c2ccc(F)cc2)CC[C@H]1Nc1ncccn1. The van der Waals surface area contributed by atoms with Crippen LogP contribution in [-0.4, -0.2) is 51.8 Å². The minimum absolute atomic E-state index is 0.0373. The topological polar surface area (TPSA) is 61.3 Å². The van der Waals surface area contributed by atoms with Gasteiger partial charge in [-0.1, -0.05) is 24.3 Å². The van der Waals surface area contributed by atoms with E-state index >= 15 is 0 Å². The van der Waals surface area contributed by atoms with E-state index in [1.807, 2.05) is 12.2 Å². The molecule has 1 aliphatic heterocycles. The molecule has 2 atom stereocenters. The zero-order valence-corrected chi connectivity index (χ0v) is 13.3. The quantitative estimate of drug-likeness (QED) is 0.881. The summed E-state index contributed by atoms with van der Waals surface area (Å²) in [6.45, 7) is 2.23. The van der Waals surface area contributed by atoms with Gasteiger partial charge in [0, 0.05) is 32.0 Å². The van der Waals surface area contributed by atoms with Gasteiger partial charge in [-0.3, -0.25) is 4.90 Å². The van der Waals surface area contributed by atoms with Gasteiger partial charge in [0.2, 0.25) is 5.95 Å². The molecule has 1 fully saturated rings. The van der Waals surface area contributed by atoms with E-state index in [9.17, 15) is 9.50 Å². The average molecular weight is 328 g/mol. The Morgan fingerprint density at radius 1 is 1.25 bits per heavy atom. The number of anilines is 1. The number of nitrogens with one attached hydrogen (secondary N) is 1. The second kappa shape index (κ2) is 7.99. The average Bonchev–Trinajstić information content (AvgIpc) is 2.60. The fraction of sp³-hybridized carbons (Fsp3) is 0.333. The van der Waals surface area contributed by atoms with Gasteiger partial charge in [-0.2, -0.15) is 0 Å². The van der Waals surface area contributed by atoms with Crippen LogP contribution in [0.15, 0.2) is 48.8 Å². The van der Waals surface area contributed by atoms with E-state index in [1.54, 1.807) is 30.6 Å². The molecule has 1 saturated heterocycles. The van der Waals surface area contributed by atoms with Crippen LogP contribution in [0, 0.1) is 5.82 Å². The number of likely N-dealkylation sites (tertiary alicyclic amines) is 1. The van der Waals surface area contributed by atoms with E-state index in [-0.39, 0.29) is 11.9 Å². The Hall–Kier alpha value is -2.31. The van der Waals surface area contributed by atoms with Crippen LogP contribution in [0.1, 0.15) is 12.0 Å². The number of halogens is 1. The Labute approximate surface area is 140 Å². The number of benzene rings is 1. The first kappa shape index (κ1) is 16.5. The smallest absolute Gasteiger partial charge is 0.222 e. The predicted octanol–water partition coefficient (Wildman–Crippen LogP) is 2.18. The first-order valence-corrected chi connectivity index (χ1v) is 8.07. The highest BCUT2D eigenvalue weighted by atomic mass is 19.1. The number of aromatic nitrogens is 2. The first-order chi connectivity index (χ1) is 11.7. The third kappa shape index (κ3) is 4.59. The minimum Gasteiger partial charge on any atom is -0.390 e. The molecule has 2 aromatic rings. The summed E-state index contributed by atoms with van der Waals surface area (Å²) in [6.07, 6.45) is 7.71. The second-order valence-electron chi connectivity index (χ2n) is 5.89. The lowest BCUT2D eigenvalue weighted by atomic mass is 10.0. The summed E-state index contributed by atoms with van der Waals surface area (Å²) in [4.78, 5) is 10.5. The van der Waals surface area contributed by atoms with Crippen LogP contribution in [0.5, 0.6) is 0 Å². The predicted molar refractivity (Wildman–Crippen MR) is 91.9 cm³/mol. The second-order valence-corrected chi connectivity index (χ2v) is 5.89. The Kier molecular flexibility index (Phi) is 5.51. The standard InChI is InChI=1S/C18H21FN4O/c19-15-6-4-14(5-7-15)3-1-11-23-12-8-16(17(24)13-23)22-18-20-9-2-10-21-18/h1-7,9-10,16-17,24H,8,11-13H2,(H,20,21,22)/b3-1+/t16-,17-/m1/s1. The summed E-state index contributed by atoms with van der Waals surface area (Å²) in [5.74, 6) is 0.318. The van der Waals surface area contributed by atoms with Crippen LogP contribution in [0.25, 0.3) is 6.08 Å². The van der Waals surface area contributed by atoms with Gasteiger partial charge in [-0.15, -0.1) is 0 Å². The Balaban J connectivity index is 1.47. The number of β-amino-alcohol motifs (C(OH)–C–C–N with tert-alkyl or cyclic N) is 1. The number of rotatable bonds is 5. The van der Waals surface area contributed by atoms with Gasteiger partial charge in [0.25, 0.3) is 0 Å². The molecule has 0 saturated carbocycles. The summed E-state index contributed by atoms with van der Waals surface area (Å²) in [5.41, 5.74) is 0.967. The molecule has 2 heterocycles. The summed E-state index contributed by atoms with van der Waals surface area (Å²) >= 11 is 0. The Morgan fingerprint density at radius 2 is 2.00 bits per heavy atom. The van der Waals surface area contributed by atoms with Crippen LogP contribution >= 0.6 is 0 Å². The van der Waals surface area contributed by atoms with Gasteiger partial charge in [-0.25, -0.2) is 14.4 Å². The number of aliphatic hydroxyl groups is 1. The zero-order chi connectivity index (χ0) is 16.8. The fourth-order valence-corrected chi connectivity index (χ4v) is 2.78. The van der Waals surface area contributed by atoms with Crippen molar-refractivity contribution in [2.24, 2.45) is 0 Å². The van der Waals surface area contributed by atoms with Crippen LogP contribution < -0.4 is 5.32 Å². The summed E-state index contributed by atoms with van der Waals surface area (Å²) < 4.78 is 12.9. The van der Waals surface area contributed by atoms with Crippen LogP contribution in [-0.2, 0) is 0 Å². The molecule has 126 valence electrons. The van der Waals surface area contributed by atoms with Crippen molar-refractivity contribution >= 4 is 12.0 Å². The van der Waals surface area contributed by atoms with Gasteiger partial charge in [0.15, 0.2) is 0 Å². The number of nitrogens with zero attached hydrogens (tertiary/aromatic N) is 3. The maximum Gasteiger partial charge on any atom is 0.222 e. The van der Waals surface area contributed by atoms with Gasteiger partial charge in [0.05, 0.1) is 12.1 Å². The van der Waals surface area contributed by atoms with Crippen molar-refractivity contribution in [2.45, 2.75) is 18.6 Å². The molecule has 0 amide bonds. The van der Waals surface area contributed by atoms with E-state index in [2.05, 4.69) is 20.2 Å². The highest BCUT2D eigenvalue weighted by molar-refractivity contribution is 5.48. The van der Waals surface area contributed by atoms with Crippen molar-refractivity contribution in [3.05, 3.63) is 60.2 Å². The van der Waals surface area contributed by atoms with E-state index in [4.69, 9.17) is 0 Å². The zero-order valence-electron chi connectivity index (χ0n) is 13.3. The number of aliphatic hydroxyl groups excluding tert-OH is 1. The van der Waals surface area contributed by atoms with Crippen molar-refractivity contribution in [1.82, 2.24) is 14.9 Å². The van der Waals surface area contributed by atoms with E-state index in [0.29, 0.717) is 12.5 Å². The van der Waals surface area contributed by atoms with Crippen molar-refractivity contribution in [3.63, 3.8) is 0 Å². The Morgan fingerprint density at radius 3 is 2.71 bits per heavy atom. The van der Waals surface area contributed by atoms with Crippen LogP contribution in [0.4, 0.5) is 10.3 Å². The lowest BCUT2D eigenvalue weighted by molar-refractivity contribution is 0.0656. The summed E-state index contributed by atoms with van der Waals surface area (Å²) in [7, 11) is 0. The van der Waals surface area contributed by atoms with E-state index < -0.39 is 6.10 Å². The van der Waals surface area contributed by atoms with Crippen molar-refractivity contribution in [2.75, 3.05) is 25.0 Å². The molecule has 2 N–H and O–H groups in total.